The van der Waals surface area contributed by atoms with Crippen LogP contribution in [-0.4, -0.2) is 60.4 Å². The summed E-state index contributed by atoms with van der Waals surface area (Å²) in [6.45, 7) is -0.635. The largest absolute Gasteiger partial charge is 0.481 e. The Morgan fingerprint density at radius 3 is 2.61 bits per heavy atom. The monoisotopic (exact) mass is 443 g/mol. The Kier molecular flexibility index (Phi) is 5.58. The van der Waals surface area contributed by atoms with Gasteiger partial charge in [-0.3, -0.25) is 13.9 Å². The van der Waals surface area contributed by atoms with E-state index in [2.05, 4.69) is 24.1 Å². The molecule has 1 unspecified atom stereocenters. The van der Waals surface area contributed by atoms with Gasteiger partial charge in [0.25, 0.3) is 0 Å². The summed E-state index contributed by atoms with van der Waals surface area (Å²) in [7, 11) is -9.04. The molecule has 1 heterocycles. The highest BCUT2D eigenvalue weighted by molar-refractivity contribution is 7.60. The first-order valence-electron chi connectivity index (χ1n) is 7.91. The van der Waals surface area contributed by atoms with E-state index in [1.54, 1.807) is 0 Å². The molecule has 16 heteroatoms. The summed E-state index contributed by atoms with van der Waals surface area (Å²) >= 11 is 0. The fourth-order valence-electron chi connectivity index (χ4n) is 3.78. The normalized spacial score (nSPS) is 33.9. The Bertz CT molecular complexity index is 903. The van der Waals surface area contributed by atoms with Gasteiger partial charge in [0.1, 0.15) is 6.10 Å². The predicted octanol–water partition coefficient (Wildman–Crippen LogP) is -1.49. The summed E-state index contributed by atoms with van der Waals surface area (Å²) in [5.41, 5.74) is 0.497. The van der Waals surface area contributed by atoms with E-state index in [1.807, 2.05) is 0 Å². The van der Waals surface area contributed by atoms with Gasteiger partial charge in [-0.15, -0.1) is 0 Å². The standard InChI is InChI=1S/C12H19N3O11P2/c1-24-14-8-2-3-15(11(18)13-8)12-4-7(12)6(9(16)10(12)17)5-25-28(22,23)26-27(19,20)21/h2-3,6-7,9-10,16-17H,4-5H2,1H3,(H,22,23)(H,13,14,18)(H2,19,20,21)/t6-,7-,9+,10+,12+/m0/s1. The van der Waals surface area contributed by atoms with Crippen LogP contribution in [0.1, 0.15) is 6.42 Å². The fraction of sp³-hybridized carbons (Fsp3) is 0.667. The zero-order valence-corrected chi connectivity index (χ0v) is 16.1. The van der Waals surface area contributed by atoms with Gasteiger partial charge in [-0.05, 0) is 18.4 Å². The average Bonchev–Trinajstić information content (AvgIpc) is 3.23. The van der Waals surface area contributed by atoms with E-state index in [4.69, 9.17) is 9.79 Å². The van der Waals surface area contributed by atoms with Crippen molar-refractivity contribution in [3.05, 3.63) is 22.7 Å². The summed E-state index contributed by atoms with van der Waals surface area (Å²) in [6, 6.07) is 1.42. The second-order valence-corrected chi connectivity index (χ2v) is 9.34. The third-order valence-electron chi connectivity index (χ3n) is 4.92. The topological polar surface area (TPSA) is 210 Å². The van der Waals surface area contributed by atoms with Crippen molar-refractivity contribution in [3.8, 4) is 0 Å². The van der Waals surface area contributed by atoms with Crippen molar-refractivity contribution in [3.63, 3.8) is 0 Å². The van der Waals surface area contributed by atoms with Crippen LogP contribution in [0, 0.1) is 11.8 Å². The van der Waals surface area contributed by atoms with E-state index in [1.165, 1.54) is 19.4 Å². The number of phosphoric acid groups is 2. The third kappa shape index (κ3) is 3.94. The van der Waals surface area contributed by atoms with Crippen molar-refractivity contribution in [1.29, 1.82) is 0 Å². The number of phosphoric ester groups is 1. The number of nitrogens with zero attached hydrogens (tertiary/aromatic N) is 2. The Morgan fingerprint density at radius 2 is 2.04 bits per heavy atom. The average molecular weight is 443 g/mol. The molecule has 1 aromatic rings. The minimum Gasteiger partial charge on any atom is -0.390 e. The second-order valence-electron chi connectivity index (χ2n) is 6.51. The molecule has 0 spiro atoms. The van der Waals surface area contributed by atoms with Gasteiger partial charge < -0.3 is 24.9 Å². The smallest absolute Gasteiger partial charge is 0.390 e. The van der Waals surface area contributed by atoms with E-state index in [-0.39, 0.29) is 12.2 Å². The minimum absolute atomic E-state index is 0.140. The van der Waals surface area contributed by atoms with Crippen molar-refractivity contribution >= 4 is 21.5 Å². The van der Waals surface area contributed by atoms with Crippen molar-refractivity contribution in [2.24, 2.45) is 11.8 Å². The first kappa shape index (κ1) is 21.5. The van der Waals surface area contributed by atoms with Gasteiger partial charge in [-0.1, -0.05) is 0 Å². The maximum absolute atomic E-state index is 12.3. The van der Waals surface area contributed by atoms with E-state index >= 15 is 0 Å². The van der Waals surface area contributed by atoms with Gasteiger partial charge in [0.05, 0.1) is 25.4 Å². The summed E-state index contributed by atoms with van der Waals surface area (Å²) in [5, 5.41) is 20.8. The highest BCUT2D eigenvalue weighted by Crippen LogP contribution is 2.65. The lowest BCUT2D eigenvalue weighted by Crippen LogP contribution is -2.43. The highest BCUT2D eigenvalue weighted by Gasteiger charge is 2.72. The van der Waals surface area contributed by atoms with Crippen LogP contribution in [0.2, 0.25) is 0 Å². The molecule has 0 aliphatic heterocycles. The van der Waals surface area contributed by atoms with Crippen LogP contribution < -0.4 is 11.2 Å². The van der Waals surface area contributed by atoms with Crippen molar-refractivity contribution in [2.45, 2.75) is 24.2 Å². The number of nitrogens with one attached hydrogen (secondary N) is 1. The second kappa shape index (κ2) is 7.26. The van der Waals surface area contributed by atoms with E-state index in [9.17, 15) is 29.0 Å². The molecule has 0 aromatic carbocycles. The van der Waals surface area contributed by atoms with Gasteiger partial charge in [-0.2, -0.15) is 9.29 Å². The first-order valence-corrected chi connectivity index (χ1v) is 10.9. The van der Waals surface area contributed by atoms with Crippen LogP contribution in [-0.2, 0) is 28.3 Å². The van der Waals surface area contributed by atoms with Gasteiger partial charge in [0.15, 0.2) is 5.82 Å². The number of fused-ring (bicyclic) bond motifs is 1. The van der Waals surface area contributed by atoms with Crippen molar-refractivity contribution < 1.29 is 47.7 Å². The van der Waals surface area contributed by atoms with E-state index in [0.29, 0.717) is 0 Å². The summed E-state index contributed by atoms with van der Waals surface area (Å²) in [6.07, 6.45) is -1.19. The molecule has 2 aliphatic carbocycles. The number of anilines is 1. The molecule has 158 valence electrons. The SMILES string of the molecule is CONc1ccn([C@]23C[C@H]2[C@H](COP(=O)(O)OP(=O)(O)O)[C@@H](O)[C@H]3O)c(=O)n1. The summed E-state index contributed by atoms with van der Waals surface area (Å²) in [4.78, 5) is 47.3. The lowest BCUT2D eigenvalue weighted by molar-refractivity contribution is -0.0281. The summed E-state index contributed by atoms with van der Waals surface area (Å²) in [5.74, 6) is -1.26. The molecule has 0 bridgehead atoms. The minimum atomic E-state index is -5.28. The molecule has 6 atom stereocenters. The van der Waals surface area contributed by atoms with Crippen molar-refractivity contribution in [1.82, 2.24) is 9.55 Å². The molecule has 28 heavy (non-hydrogen) atoms. The number of aliphatic hydroxyl groups is 2. The number of hydrogen-bond donors (Lipinski definition) is 6. The predicted molar refractivity (Wildman–Crippen MR) is 89.6 cm³/mol. The van der Waals surface area contributed by atoms with Crippen LogP contribution in [0.15, 0.2) is 17.1 Å². The van der Waals surface area contributed by atoms with Gasteiger partial charge in [0.2, 0.25) is 0 Å². The van der Waals surface area contributed by atoms with Gasteiger partial charge in [0, 0.05) is 12.1 Å². The lowest BCUT2D eigenvalue weighted by atomic mass is 10.0. The van der Waals surface area contributed by atoms with E-state index in [0.717, 1.165) is 4.57 Å². The molecular formula is C12H19N3O11P2. The molecule has 2 aliphatic rings. The number of hydrogen-bond acceptors (Lipinski definition) is 10. The quantitative estimate of drug-likeness (QED) is 0.200. The van der Waals surface area contributed by atoms with Crippen LogP contribution in [0.3, 0.4) is 0 Å². The zero-order chi connectivity index (χ0) is 20.9. The molecule has 0 saturated heterocycles. The number of aromatic nitrogens is 2. The Balaban J connectivity index is 1.77. The third-order valence-corrected chi connectivity index (χ3v) is 7.07. The molecule has 2 fully saturated rings. The maximum atomic E-state index is 12.3. The van der Waals surface area contributed by atoms with Crippen LogP contribution in [0.25, 0.3) is 0 Å². The molecule has 2 saturated carbocycles. The van der Waals surface area contributed by atoms with Crippen molar-refractivity contribution in [2.75, 3.05) is 19.2 Å². The van der Waals surface area contributed by atoms with Crippen LogP contribution in [0.5, 0.6) is 0 Å². The summed E-state index contributed by atoms with van der Waals surface area (Å²) < 4.78 is 31.7. The first-order chi connectivity index (χ1) is 12.9. The molecule has 3 rings (SSSR count). The molecule has 14 nitrogen and oxygen atoms in total. The Labute approximate surface area is 157 Å². The van der Waals surface area contributed by atoms with Gasteiger partial charge >= 0.3 is 21.3 Å². The highest BCUT2D eigenvalue weighted by atomic mass is 31.3. The van der Waals surface area contributed by atoms with E-state index < -0.39 is 57.5 Å². The Hall–Kier alpha value is -1.18. The molecule has 0 amide bonds. The molecule has 1 aromatic heterocycles. The zero-order valence-electron chi connectivity index (χ0n) is 14.4. The Morgan fingerprint density at radius 1 is 1.36 bits per heavy atom. The molecule has 6 N–H and O–H groups in total. The molecule has 0 radical (unpaired) electrons. The number of rotatable bonds is 8. The maximum Gasteiger partial charge on any atom is 0.481 e. The van der Waals surface area contributed by atoms with Gasteiger partial charge in [-0.25, -0.2) is 19.4 Å². The lowest BCUT2D eigenvalue weighted by Gasteiger charge is -2.24. The van der Waals surface area contributed by atoms with Crippen LogP contribution >= 0.6 is 15.6 Å². The number of aliphatic hydroxyl groups excluding tert-OH is 2. The van der Waals surface area contributed by atoms with Crippen LogP contribution in [0.4, 0.5) is 5.82 Å². The fourth-order valence-corrected chi connectivity index (χ4v) is 5.40. The molecular weight excluding hydrogens is 424 g/mol.